The number of aryl methyl sites for hydroxylation is 1. The fourth-order valence-electron chi connectivity index (χ4n) is 4.69. The lowest BCUT2D eigenvalue weighted by Gasteiger charge is -2.32. The molecule has 42 heavy (non-hydrogen) atoms. The third kappa shape index (κ3) is 6.22. The van der Waals surface area contributed by atoms with Gasteiger partial charge in [-0.15, -0.1) is 5.10 Å². The van der Waals surface area contributed by atoms with Crippen LogP contribution in [0, 0.1) is 12.7 Å². The monoisotopic (exact) mass is 567 g/mol. The number of methoxy groups -OCH3 is 2. The second-order valence-electron chi connectivity index (χ2n) is 9.75. The van der Waals surface area contributed by atoms with Crippen LogP contribution in [0.5, 0.6) is 11.5 Å². The third-order valence-corrected chi connectivity index (χ3v) is 6.91. The van der Waals surface area contributed by atoms with Crippen molar-refractivity contribution in [1.29, 1.82) is 0 Å². The van der Waals surface area contributed by atoms with E-state index in [1.54, 1.807) is 18.2 Å². The first-order valence-corrected chi connectivity index (χ1v) is 13.3. The molecule has 0 aliphatic rings. The van der Waals surface area contributed by atoms with Crippen molar-refractivity contribution in [3.05, 3.63) is 114 Å². The van der Waals surface area contributed by atoms with E-state index >= 15 is 0 Å². The van der Waals surface area contributed by atoms with Crippen molar-refractivity contribution in [1.82, 2.24) is 19.9 Å². The molecule has 4 aromatic carbocycles. The Kier molecular flexibility index (Phi) is 8.42. The molecule has 0 fully saturated rings. The number of benzene rings is 4. The predicted molar refractivity (Wildman–Crippen MR) is 157 cm³/mol. The van der Waals surface area contributed by atoms with E-state index < -0.39 is 17.8 Å². The van der Waals surface area contributed by atoms with Crippen LogP contribution in [-0.4, -0.2) is 45.9 Å². The standard InChI is InChI=1S/C32H30FN5O4/c1-21-8-10-22(11-9-21)19-37(30(39)20-38-28-7-5-4-6-26(28)35-36-38)31(23-12-14-24(33)15-13-23)32(40)34-27-17-16-25(41-2)18-29(27)42-3/h4-18,31H,19-20H2,1-3H3,(H,34,40). The maximum absolute atomic E-state index is 14.1. The van der Waals surface area contributed by atoms with Crippen molar-refractivity contribution in [3.63, 3.8) is 0 Å². The summed E-state index contributed by atoms with van der Waals surface area (Å²) in [7, 11) is 3.02. The van der Waals surface area contributed by atoms with E-state index in [0.29, 0.717) is 33.8 Å². The molecule has 2 amide bonds. The molecule has 1 N–H and O–H groups in total. The zero-order chi connectivity index (χ0) is 29.6. The van der Waals surface area contributed by atoms with Gasteiger partial charge in [0.25, 0.3) is 5.91 Å². The lowest BCUT2D eigenvalue weighted by Crippen LogP contribution is -2.42. The molecule has 0 spiro atoms. The van der Waals surface area contributed by atoms with Gasteiger partial charge in [0.2, 0.25) is 5.91 Å². The largest absolute Gasteiger partial charge is 0.497 e. The van der Waals surface area contributed by atoms with Gasteiger partial charge in [-0.3, -0.25) is 9.59 Å². The van der Waals surface area contributed by atoms with Gasteiger partial charge in [-0.25, -0.2) is 9.07 Å². The first kappa shape index (κ1) is 28.3. The highest BCUT2D eigenvalue weighted by Gasteiger charge is 2.33. The molecular formula is C32H30FN5O4. The molecule has 0 radical (unpaired) electrons. The van der Waals surface area contributed by atoms with E-state index in [2.05, 4.69) is 15.6 Å². The highest BCUT2D eigenvalue weighted by Crippen LogP contribution is 2.32. The normalized spacial score (nSPS) is 11.6. The zero-order valence-corrected chi connectivity index (χ0v) is 23.5. The molecular weight excluding hydrogens is 537 g/mol. The van der Waals surface area contributed by atoms with Crippen molar-refractivity contribution < 1.29 is 23.5 Å². The average Bonchev–Trinajstić information content (AvgIpc) is 3.41. The minimum Gasteiger partial charge on any atom is -0.497 e. The van der Waals surface area contributed by atoms with Crippen molar-refractivity contribution in [2.75, 3.05) is 19.5 Å². The van der Waals surface area contributed by atoms with Crippen LogP contribution in [0.2, 0.25) is 0 Å². The van der Waals surface area contributed by atoms with Gasteiger partial charge in [0.1, 0.15) is 35.4 Å². The highest BCUT2D eigenvalue weighted by molar-refractivity contribution is 5.99. The number of hydrogen-bond donors (Lipinski definition) is 1. The van der Waals surface area contributed by atoms with Gasteiger partial charge in [0, 0.05) is 12.6 Å². The molecule has 5 rings (SSSR count). The Morgan fingerprint density at radius 1 is 0.952 bits per heavy atom. The Balaban J connectivity index is 1.56. The van der Waals surface area contributed by atoms with Crippen LogP contribution >= 0.6 is 0 Å². The fourth-order valence-corrected chi connectivity index (χ4v) is 4.69. The minimum absolute atomic E-state index is 0.112. The smallest absolute Gasteiger partial charge is 0.251 e. The first-order chi connectivity index (χ1) is 20.4. The Labute approximate surface area is 242 Å². The highest BCUT2D eigenvalue weighted by atomic mass is 19.1. The van der Waals surface area contributed by atoms with Gasteiger partial charge in [0.05, 0.1) is 25.4 Å². The number of aromatic nitrogens is 3. The second kappa shape index (κ2) is 12.5. The number of fused-ring (bicyclic) bond motifs is 1. The fraction of sp³-hybridized carbons (Fsp3) is 0.188. The Hall–Kier alpha value is -5.25. The van der Waals surface area contributed by atoms with E-state index in [9.17, 15) is 14.0 Å². The summed E-state index contributed by atoms with van der Waals surface area (Å²) in [6.07, 6.45) is 0. The van der Waals surface area contributed by atoms with Gasteiger partial charge in [0.15, 0.2) is 0 Å². The SMILES string of the molecule is COc1ccc(NC(=O)C(c2ccc(F)cc2)N(Cc2ccc(C)cc2)C(=O)Cn2nnc3ccccc32)c(OC)c1. The van der Waals surface area contributed by atoms with Gasteiger partial charge in [-0.2, -0.15) is 0 Å². The van der Waals surface area contributed by atoms with E-state index in [4.69, 9.17) is 9.47 Å². The minimum atomic E-state index is -1.12. The molecule has 0 saturated heterocycles. The predicted octanol–water partition coefficient (Wildman–Crippen LogP) is 5.30. The number of hydrogen-bond acceptors (Lipinski definition) is 6. The Morgan fingerprint density at radius 2 is 1.69 bits per heavy atom. The van der Waals surface area contributed by atoms with Crippen LogP contribution in [0.25, 0.3) is 11.0 Å². The molecule has 1 unspecified atom stereocenters. The van der Waals surface area contributed by atoms with Crippen LogP contribution in [0.1, 0.15) is 22.7 Å². The molecule has 0 aliphatic heterocycles. The summed E-state index contributed by atoms with van der Waals surface area (Å²) in [6, 6.07) is 24.4. The summed E-state index contributed by atoms with van der Waals surface area (Å²) in [4.78, 5) is 29.7. The van der Waals surface area contributed by atoms with Crippen LogP contribution in [0.15, 0.2) is 91.0 Å². The number of nitrogens with zero attached hydrogens (tertiary/aromatic N) is 4. The van der Waals surface area contributed by atoms with Crippen LogP contribution < -0.4 is 14.8 Å². The molecule has 1 atom stereocenters. The summed E-state index contributed by atoms with van der Waals surface area (Å²) in [5.41, 5.74) is 4.04. The van der Waals surface area contributed by atoms with E-state index in [0.717, 1.165) is 11.1 Å². The first-order valence-electron chi connectivity index (χ1n) is 13.3. The molecule has 5 aromatic rings. The van der Waals surface area contributed by atoms with Crippen LogP contribution in [-0.2, 0) is 22.7 Å². The van der Waals surface area contributed by atoms with Crippen LogP contribution in [0.4, 0.5) is 10.1 Å². The Morgan fingerprint density at radius 3 is 2.40 bits per heavy atom. The number of para-hydroxylation sites is 1. The molecule has 214 valence electrons. The molecule has 10 heteroatoms. The molecule has 1 heterocycles. The van der Waals surface area contributed by atoms with Gasteiger partial charge < -0.3 is 19.7 Å². The summed E-state index contributed by atoms with van der Waals surface area (Å²) >= 11 is 0. The number of carbonyl (C=O) groups is 2. The van der Waals surface area contributed by atoms with Crippen molar-refractivity contribution in [2.24, 2.45) is 0 Å². The number of nitrogens with one attached hydrogen (secondary N) is 1. The molecule has 9 nitrogen and oxygen atoms in total. The topological polar surface area (TPSA) is 98.6 Å². The summed E-state index contributed by atoms with van der Waals surface area (Å²) in [5, 5.41) is 11.2. The Bertz CT molecular complexity index is 1700. The van der Waals surface area contributed by atoms with Gasteiger partial charge in [-0.1, -0.05) is 59.3 Å². The van der Waals surface area contributed by atoms with Gasteiger partial charge >= 0.3 is 0 Å². The van der Waals surface area contributed by atoms with Gasteiger partial charge in [-0.05, 0) is 54.4 Å². The molecule has 0 saturated carbocycles. The van der Waals surface area contributed by atoms with E-state index in [-0.39, 0.29) is 19.0 Å². The molecule has 1 aromatic heterocycles. The van der Waals surface area contributed by atoms with Crippen molar-refractivity contribution in [3.8, 4) is 11.5 Å². The maximum atomic E-state index is 14.1. The number of halogens is 1. The van der Waals surface area contributed by atoms with E-state index in [1.807, 2.05) is 55.5 Å². The van der Waals surface area contributed by atoms with Crippen molar-refractivity contribution >= 4 is 28.5 Å². The number of anilines is 1. The quantitative estimate of drug-likeness (QED) is 0.246. The summed E-state index contributed by atoms with van der Waals surface area (Å²) in [6.45, 7) is 1.92. The average molecular weight is 568 g/mol. The van der Waals surface area contributed by atoms with Crippen LogP contribution in [0.3, 0.4) is 0 Å². The lowest BCUT2D eigenvalue weighted by atomic mass is 10.0. The number of amides is 2. The number of rotatable bonds is 10. The summed E-state index contributed by atoms with van der Waals surface area (Å²) in [5.74, 6) is -0.408. The zero-order valence-electron chi connectivity index (χ0n) is 23.5. The molecule has 0 aliphatic carbocycles. The number of carbonyl (C=O) groups excluding carboxylic acids is 2. The number of ether oxygens (including phenoxy) is 2. The second-order valence-corrected chi connectivity index (χ2v) is 9.75. The summed E-state index contributed by atoms with van der Waals surface area (Å²) < 4.78 is 26.2. The lowest BCUT2D eigenvalue weighted by molar-refractivity contribution is -0.140. The van der Waals surface area contributed by atoms with E-state index in [1.165, 1.54) is 48.1 Å². The third-order valence-electron chi connectivity index (χ3n) is 6.91. The van der Waals surface area contributed by atoms with Crippen molar-refractivity contribution in [2.45, 2.75) is 26.1 Å². The molecule has 0 bridgehead atoms. The maximum Gasteiger partial charge on any atom is 0.251 e.